The van der Waals surface area contributed by atoms with Crippen LogP contribution in [0.15, 0.2) is 0 Å². The molecule has 3 nitrogen and oxygen atoms in total. The fourth-order valence-corrected chi connectivity index (χ4v) is 3.04. The highest BCUT2D eigenvalue weighted by atomic mass is 16.3. The Morgan fingerprint density at radius 1 is 0.826 bits per heavy atom. The predicted molar refractivity (Wildman–Crippen MR) is 96.6 cm³/mol. The lowest BCUT2D eigenvalue weighted by atomic mass is 9.95. The van der Waals surface area contributed by atoms with Crippen molar-refractivity contribution in [2.45, 2.75) is 103 Å². The van der Waals surface area contributed by atoms with Gasteiger partial charge in [-0.2, -0.15) is 0 Å². The lowest BCUT2D eigenvalue weighted by Crippen LogP contribution is -2.06. The molecule has 0 bridgehead atoms. The molecule has 0 amide bonds. The number of hydrogen-bond acceptors (Lipinski definition) is 3. The summed E-state index contributed by atoms with van der Waals surface area (Å²) < 4.78 is 0. The molecular weight excluding hydrogens is 288 g/mol. The minimum absolute atomic E-state index is 0.278. The molecule has 0 heterocycles. The number of hydrogen-bond donors (Lipinski definition) is 1. The number of carbonyl (C=O) groups is 2. The molecule has 3 heteroatoms. The van der Waals surface area contributed by atoms with Crippen LogP contribution in [0, 0.1) is 5.92 Å². The van der Waals surface area contributed by atoms with Gasteiger partial charge in [0.15, 0.2) is 12.1 Å². The van der Waals surface area contributed by atoms with Crippen LogP contribution in [0.25, 0.3) is 0 Å². The molecule has 0 radical (unpaired) electrons. The van der Waals surface area contributed by atoms with Crippen LogP contribution >= 0.6 is 0 Å². The van der Waals surface area contributed by atoms with Gasteiger partial charge in [0.1, 0.15) is 0 Å². The van der Waals surface area contributed by atoms with Gasteiger partial charge in [-0.25, -0.2) is 0 Å². The minimum Gasteiger partial charge on any atom is -0.396 e. The first-order chi connectivity index (χ1) is 11.2. The smallest absolute Gasteiger partial charge is 0.195 e. The second kappa shape index (κ2) is 17.7. The van der Waals surface area contributed by atoms with Crippen molar-refractivity contribution in [3.8, 4) is 0 Å². The zero-order valence-corrected chi connectivity index (χ0v) is 15.2. The normalized spacial score (nSPS) is 12.3. The summed E-state index contributed by atoms with van der Waals surface area (Å²) >= 11 is 0. The van der Waals surface area contributed by atoms with Crippen LogP contribution in [-0.2, 0) is 9.59 Å². The SMILES string of the molecule is CCCCCCCCCC(CO)CCCCCCCC(=O)C=O. The van der Waals surface area contributed by atoms with E-state index in [9.17, 15) is 14.7 Å². The van der Waals surface area contributed by atoms with Crippen LogP contribution in [0.1, 0.15) is 103 Å². The molecule has 0 aromatic rings. The number of aldehydes is 1. The first kappa shape index (κ1) is 22.3. The van der Waals surface area contributed by atoms with Crippen molar-refractivity contribution in [2.24, 2.45) is 5.92 Å². The van der Waals surface area contributed by atoms with Crippen molar-refractivity contribution in [2.75, 3.05) is 6.61 Å². The molecule has 0 fully saturated rings. The van der Waals surface area contributed by atoms with Gasteiger partial charge in [-0.1, -0.05) is 77.6 Å². The predicted octanol–water partition coefficient (Wildman–Crippen LogP) is 5.23. The number of aliphatic hydroxyl groups is 1. The van der Waals surface area contributed by atoms with E-state index in [1.54, 1.807) is 0 Å². The topological polar surface area (TPSA) is 54.4 Å². The van der Waals surface area contributed by atoms with Gasteiger partial charge in [-0.3, -0.25) is 9.59 Å². The van der Waals surface area contributed by atoms with E-state index in [4.69, 9.17) is 0 Å². The van der Waals surface area contributed by atoms with E-state index in [1.165, 1.54) is 57.8 Å². The van der Waals surface area contributed by atoms with E-state index in [-0.39, 0.29) is 5.78 Å². The Morgan fingerprint density at radius 2 is 1.30 bits per heavy atom. The van der Waals surface area contributed by atoms with E-state index < -0.39 is 0 Å². The van der Waals surface area contributed by atoms with Crippen molar-refractivity contribution in [1.29, 1.82) is 0 Å². The summed E-state index contributed by atoms with van der Waals surface area (Å²) in [5.41, 5.74) is 0. The highest BCUT2D eigenvalue weighted by Crippen LogP contribution is 2.18. The van der Waals surface area contributed by atoms with E-state index >= 15 is 0 Å². The van der Waals surface area contributed by atoms with Crippen molar-refractivity contribution in [1.82, 2.24) is 0 Å². The quantitative estimate of drug-likeness (QED) is 0.213. The zero-order valence-electron chi connectivity index (χ0n) is 15.2. The lowest BCUT2D eigenvalue weighted by Gasteiger charge is -2.13. The summed E-state index contributed by atoms with van der Waals surface area (Å²) in [6.07, 6.45) is 17.8. The first-order valence-corrected chi connectivity index (χ1v) is 9.83. The van der Waals surface area contributed by atoms with Crippen molar-refractivity contribution >= 4 is 12.1 Å². The molecule has 0 aromatic carbocycles. The minimum atomic E-state index is -0.278. The Hall–Kier alpha value is -0.700. The molecule has 0 rings (SSSR count). The van der Waals surface area contributed by atoms with Crippen LogP contribution in [-0.4, -0.2) is 23.8 Å². The number of aliphatic hydroxyl groups excluding tert-OH is 1. The third kappa shape index (κ3) is 16.0. The molecule has 0 aliphatic rings. The van der Waals surface area contributed by atoms with Crippen molar-refractivity contribution in [3.05, 3.63) is 0 Å². The van der Waals surface area contributed by atoms with E-state index in [0.717, 1.165) is 32.1 Å². The zero-order chi connectivity index (χ0) is 17.2. The van der Waals surface area contributed by atoms with Gasteiger partial charge in [-0.05, 0) is 25.2 Å². The summed E-state index contributed by atoms with van der Waals surface area (Å²) in [7, 11) is 0. The third-order valence-corrected chi connectivity index (χ3v) is 4.64. The van der Waals surface area contributed by atoms with Gasteiger partial charge in [0.25, 0.3) is 0 Å². The van der Waals surface area contributed by atoms with Crippen LogP contribution in [0.3, 0.4) is 0 Å². The molecule has 1 N–H and O–H groups in total. The second-order valence-corrected chi connectivity index (χ2v) is 6.85. The number of rotatable bonds is 18. The standard InChI is InChI=1S/C20H38O3/c1-2-3-4-5-6-8-11-14-19(17-21)15-12-9-7-10-13-16-20(23)18-22/h18-19,21H,2-17H2,1H3. The molecule has 1 unspecified atom stereocenters. The maximum atomic E-state index is 10.8. The number of ketones is 1. The van der Waals surface area contributed by atoms with Crippen LogP contribution in [0.4, 0.5) is 0 Å². The summed E-state index contributed by atoms with van der Waals surface area (Å²) in [6.45, 7) is 2.57. The molecule has 0 saturated carbocycles. The molecule has 0 spiro atoms. The molecule has 0 aliphatic heterocycles. The molecule has 0 aliphatic carbocycles. The van der Waals surface area contributed by atoms with Gasteiger partial charge in [-0.15, -0.1) is 0 Å². The van der Waals surface area contributed by atoms with Crippen LogP contribution in [0.5, 0.6) is 0 Å². The Balaban J connectivity index is 3.38. The largest absolute Gasteiger partial charge is 0.396 e. The summed E-state index contributed by atoms with van der Waals surface area (Å²) in [6, 6.07) is 0. The highest BCUT2D eigenvalue weighted by Gasteiger charge is 2.07. The fourth-order valence-electron chi connectivity index (χ4n) is 3.04. The van der Waals surface area contributed by atoms with Gasteiger partial charge in [0.2, 0.25) is 0 Å². The van der Waals surface area contributed by atoms with Crippen LogP contribution in [0.2, 0.25) is 0 Å². The van der Waals surface area contributed by atoms with E-state index in [1.807, 2.05) is 0 Å². The first-order valence-electron chi connectivity index (χ1n) is 9.83. The summed E-state index contributed by atoms with van der Waals surface area (Å²) in [5.74, 6) is 0.197. The van der Waals surface area contributed by atoms with E-state index in [2.05, 4.69) is 6.92 Å². The van der Waals surface area contributed by atoms with Gasteiger partial charge in [0, 0.05) is 13.0 Å². The summed E-state index contributed by atoms with van der Waals surface area (Å²) in [4.78, 5) is 21.0. The number of Topliss-reactive ketones (excluding diaryl/α,β-unsaturated/α-hetero) is 1. The lowest BCUT2D eigenvalue weighted by molar-refractivity contribution is -0.129. The molecule has 136 valence electrons. The van der Waals surface area contributed by atoms with E-state index in [0.29, 0.717) is 25.2 Å². The number of carbonyl (C=O) groups excluding carboxylic acids is 2. The Morgan fingerprint density at radius 3 is 1.78 bits per heavy atom. The Bertz CT molecular complexity index is 276. The summed E-state index contributed by atoms with van der Waals surface area (Å²) in [5, 5.41) is 9.46. The van der Waals surface area contributed by atoms with Crippen LogP contribution < -0.4 is 0 Å². The monoisotopic (exact) mass is 326 g/mol. The number of unbranched alkanes of at least 4 members (excludes halogenated alkanes) is 10. The van der Waals surface area contributed by atoms with Gasteiger partial charge in [0.05, 0.1) is 0 Å². The second-order valence-electron chi connectivity index (χ2n) is 6.85. The average molecular weight is 327 g/mol. The molecule has 1 atom stereocenters. The molecule has 0 saturated heterocycles. The third-order valence-electron chi connectivity index (χ3n) is 4.64. The average Bonchev–Trinajstić information content (AvgIpc) is 2.57. The van der Waals surface area contributed by atoms with Gasteiger partial charge >= 0.3 is 0 Å². The maximum Gasteiger partial charge on any atom is 0.195 e. The van der Waals surface area contributed by atoms with Gasteiger partial charge < -0.3 is 5.11 Å². The fraction of sp³-hybridized carbons (Fsp3) is 0.900. The Kier molecular flexibility index (Phi) is 17.1. The Labute approximate surface area is 143 Å². The molecular formula is C20H38O3. The molecule has 23 heavy (non-hydrogen) atoms. The molecule has 0 aromatic heterocycles. The maximum absolute atomic E-state index is 10.8. The van der Waals surface area contributed by atoms with Crippen molar-refractivity contribution < 1.29 is 14.7 Å². The van der Waals surface area contributed by atoms with Crippen molar-refractivity contribution in [3.63, 3.8) is 0 Å². The highest BCUT2D eigenvalue weighted by molar-refractivity contribution is 6.24.